The average Bonchev–Trinajstić information content (AvgIpc) is 3.32. The molecule has 1 aliphatic heterocycles. The summed E-state index contributed by atoms with van der Waals surface area (Å²) in [6, 6.07) is 13.2. The minimum atomic E-state index is -0.735. The smallest absolute Gasteiger partial charge is 0.353 e. The SMILES string of the molecule is Cc1ccc(Cl)c(Nc2cc(=O)n(Cc3noc(=O)[nH]3)cc2C(=O)N2CCC(c3ccc(F)cc3)CC2)c1. The van der Waals surface area contributed by atoms with Crippen molar-refractivity contribution in [3.8, 4) is 0 Å². The highest BCUT2D eigenvalue weighted by Gasteiger charge is 2.27. The molecular formula is C27H25ClFN5O4. The van der Waals surface area contributed by atoms with E-state index in [1.54, 1.807) is 23.1 Å². The van der Waals surface area contributed by atoms with Crippen molar-refractivity contribution in [1.29, 1.82) is 0 Å². The van der Waals surface area contributed by atoms with Crippen LogP contribution in [-0.2, 0) is 6.54 Å². The lowest BCUT2D eigenvalue weighted by Gasteiger charge is -2.33. The van der Waals surface area contributed by atoms with Crippen LogP contribution in [-0.4, -0.2) is 38.6 Å². The van der Waals surface area contributed by atoms with Gasteiger partial charge in [0.2, 0.25) is 0 Å². The second-order valence-electron chi connectivity index (χ2n) is 9.33. The Balaban J connectivity index is 1.44. The molecule has 3 heterocycles. The van der Waals surface area contributed by atoms with Gasteiger partial charge in [-0.3, -0.25) is 19.1 Å². The predicted octanol–water partition coefficient (Wildman–Crippen LogP) is 4.44. The number of aryl methyl sites for hydroxylation is 1. The molecule has 0 spiro atoms. The quantitative estimate of drug-likeness (QED) is 0.376. The molecule has 0 unspecified atom stereocenters. The van der Waals surface area contributed by atoms with Gasteiger partial charge in [0.1, 0.15) is 5.82 Å². The fourth-order valence-corrected chi connectivity index (χ4v) is 4.83. The Morgan fingerprint density at radius 2 is 1.87 bits per heavy atom. The molecule has 1 fully saturated rings. The van der Waals surface area contributed by atoms with Gasteiger partial charge in [-0.15, -0.1) is 0 Å². The molecule has 1 amide bonds. The molecular weight excluding hydrogens is 513 g/mol. The number of carbonyl (C=O) groups excluding carboxylic acids is 1. The average molecular weight is 538 g/mol. The highest BCUT2D eigenvalue weighted by molar-refractivity contribution is 6.33. The van der Waals surface area contributed by atoms with Crippen molar-refractivity contribution >= 4 is 28.9 Å². The van der Waals surface area contributed by atoms with E-state index in [0.717, 1.165) is 24.0 Å². The summed E-state index contributed by atoms with van der Waals surface area (Å²) in [6.45, 7) is 2.83. The van der Waals surface area contributed by atoms with Gasteiger partial charge in [0.05, 0.1) is 28.5 Å². The monoisotopic (exact) mass is 537 g/mol. The van der Waals surface area contributed by atoms with E-state index in [1.165, 1.54) is 29.0 Å². The molecule has 4 aromatic rings. The van der Waals surface area contributed by atoms with Gasteiger partial charge >= 0.3 is 5.76 Å². The van der Waals surface area contributed by atoms with E-state index in [4.69, 9.17) is 11.6 Å². The molecule has 38 heavy (non-hydrogen) atoms. The number of nitrogens with one attached hydrogen (secondary N) is 2. The summed E-state index contributed by atoms with van der Waals surface area (Å²) in [4.78, 5) is 42.2. The van der Waals surface area contributed by atoms with Gasteiger partial charge in [-0.1, -0.05) is 35.0 Å². The molecule has 0 bridgehead atoms. The summed E-state index contributed by atoms with van der Waals surface area (Å²) in [5.41, 5.74) is 2.74. The van der Waals surface area contributed by atoms with Crippen LogP contribution in [0.5, 0.6) is 0 Å². The second-order valence-corrected chi connectivity index (χ2v) is 9.74. The number of nitrogens with zero attached hydrogens (tertiary/aromatic N) is 3. The number of piperidine rings is 1. The molecule has 1 aliphatic rings. The molecule has 2 aromatic carbocycles. The minimum absolute atomic E-state index is 0.0804. The number of aromatic nitrogens is 3. The lowest BCUT2D eigenvalue weighted by molar-refractivity contribution is 0.0713. The maximum atomic E-state index is 13.8. The molecule has 1 saturated heterocycles. The molecule has 196 valence electrons. The molecule has 0 aliphatic carbocycles. The van der Waals surface area contributed by atoms with E-state index < -0.39 is 11.3 Å². The van der Waals surface area contributed by atoms with Gasteiger partial charge in [-0.05, 0) is 61.1 Å². The lowest BCUT2D eigenvalue weighted by atomic mass is 9.89. The van der Waals surface area contributed by atoms with E-state index in [1.807, 2.05) is 19.1 Å². The number of benzene rings is 2. The van der Waals surface area contributed by atoms with E-state index >= 15 is 0 Å². The van der Waals surface area contributed by atoms with E-state index in [-0.39, 0.29) is 35.6 Å². The number of amides is 1. The third kappa shape index (κ3) is 5.55. The van der Waals surface area contributed by atoms with Gasteiger partial charge in [0, 0.05) is 25.4 Å². The van der Waals surface area contributed by atoms with Crippen molar-refractivity contribution in [3.05, 3.63) is 109 Å². The summed E-state index contributed by atoms with van der Waals surface area (Å²) in [5, 5.41) is 7.22. The van der Waals surface area contributed by atoms with E-state index in [9.17, 15) is 18.8 Å². The first-order valence-corrected chi connectivity index (χ1v) is 12.5. The first-order chi connectivity index (χ1) is 18.3. The summed E-state index contributed by atoms with van der Waals surface area (Å²) in [5.74, 6) is -0.892. The summed E-state index contributed by atoms with van der Waals surface area (Å²) >= 11 is 6.37. The number of H-pyrrole nitrogens is 1. The number of anilines is 2. The number of carbonyl (C=O) groups is 1. The Kier molecular flexibility index (Phi) is 7.15. The molecule has 0 radical (unpaired) electrons. The molecule has 2 N–H and O–H groups in total. The number of likely N-dealkylation sites (tertiary alicyclic amines) is 1. The zero-order valence-corrected chi connectivity index (χ0v) is 21.3. The molecule has 0 atom stereocenters. The lowest BCUT2D eigenvalue weighted by Crippen LogP contribution is -2.39. The van der Waals surface area contributed by atoms with Crippen LogP contribution in [0.2, 0.25) is 5.02 Å². The Hall–Kier alpha value is -4.18. The van der Waals surface area contributed by atoms with Crippen molar-refractivity contribution in [1.82, 2.24) is 19.6 Å². The second kappa shape index (κ2) is 10.7. The number of hydrogen-bond acceptors (Lipinski definition) is 6. The summed E-state index contributed by atoms with van der Waals surface area (Å²) in [7, 11) is 0. The number of hydrogen-bond donors (Lipinski definition) is 2. The fourth-order valence-electron chi connectivity index (χ4n) is 4.66. The maximum Gasteiger partial charge on any atom is 0.438 e. The Labute approximate surface area is 221 Å². The van der Waals surface area contributed by atoms with Crippen LogP contribution in [0.4, 0.5) is 15.8 Å². The first-order valence-electron chi connectivity index (χ1n) is 12.1. The van der Waals surface area contributed by atoms with Crippen molar-refractivity contribution < 1.29 is 13.7 Å². The van der Waals surface area contributed by atoms with Crippen molar-refractivity contribution in [2.24, 2.45) is 0 Å². The van der Waals surface area contributed by atoms with E-state index in [0.29, 0.717) is 29.5 Å². The standard InChI is InChI=1S/C27H25ClFN5O4/c1-16-2-7-21(28)23(12-16)30-22-13-25(35)34(15-24-31-27(37)38-32-24)14-20(22)26(36)33-10-8-18(9-11-33)17-3-5-19(29)6-4-17/h2-7,12-14,18,30H,8-11,15H2,1H3,(H,31,32,37). The van der Waals surface area contributed by atoms with Crippen LogP contribution in [0.1, 0.15) is 46.1 Å². The molecule has 11 heteroatoms. The van der Waals surface area contributed by atoms with Crippen molar-refractivity contribution in [2.75, 3.05) is 18.4 Å². The van der Waals surface area contributed by atoms with Crippen LogP contribution in [0.15, 0.2) is 68.8 Å². The van der Waals surface area contributed by atoms with Gasteiger partial charge in [-0.2, -0.15) is 0 Å². The fraction of sp³-hybridized carbons (Fsp3) is 0.259. The van der Waals surface area contributed by atoms with Crippen LogP contribution in [0.25, 0.3) is 0 Å². The number of rotatable bonds is 6. The van der Waals surface area contributed by atoms with Crippen LogP contribution in [0.3, 0.4) is 0 Å². The Bertz CT molecular complexity index is 1590. The highest BCUT2D eigenvalue weighted by Crippen LogP contribution is 2.31. The number of pyridine rings is 1. The van der Waals surface area contributed by atoms with E-state index in [2.05, 4.69) is 20.0 Å². The molecule has 2 aromatic heterocycles. The number of aromatic amines is 1. The molecule has 9 nitrogen and oxygen atoms in total. The summed E-state index contributed by atoms with van der Waals surface area (Å²) in [6.07, 6.45) is 2.91. The van der Waals surface area contributed by atoms with Crippen LogP contribution < -0.4 is 16.6 Å². The zero-order valence-electron chi connectivity index (χ0n) is 20.5. The van der Waals surface area contributed by atoms with Gasteiger partial charge < -0.3 is 14.8 Å². The van der Waals surface area contributed by atoms with Gasteiger partial charge in [0.25, 0.3) is 11.5 Å². The van der Waals surface area contributed by atoms with Gasteiger partial charge in [0.15, 0.2) is 5.82 Å². The Morgan fingerprint density at radius 1 is 1.13 bits per heavy atom. The van der Waals surface area contributed by atoms with Crippen LogP contribution in [0, 0.1) is 12.7 Å². The molecule has 5 rings (SSSR count). The zero-order chi connectivity index (χ0) is 26.8. The van der Waals surface area contributed by atoms with Crippen molar-refractivity contribution in [2.45, 2.75) is 32.2 Å². The van der Waals surface area contributed by atoms with Crippen LogP contribution >= 0.6 is 11.6 Å². The first kappa shape index (κ1) is 25.5. The predicted molar refractivity (Wildman–Crippen MR) is 141 cm³/mol. The normalized spacial score (nSPS) is 14.0. The minimum Gasteiger partial charge on any atom is -0.353 e. The van der Waals surface area contributed by atoms with Gasteiger partial charge in [-0.25, -0.2) is 9.18 Å². The topological polar surface area (TPSA) is 113 Å². The Morgan fingerprint density at radius 3 is 2.55 bits per heavy atom. The maximum absolute atomic E-state index is 13.8. The third-order valence-electron chi connectivity index (χ3n) is 6.68. The third-order valence-corrected chi connectivity index (χ3v) is 7.01. The van der Waals surface area contributed by atoms with Crippen molar-refractivity contribution in [3.63, 3.8) is 0 Å². The summed E-state index contributed by atoms with van der Waals surface area (Å²) < 4.78 is 19.1. The number of halogens is 2. The highest BCUT2D eigenvalue weighted by atomic mass is 35.5. The molecule has 0 saturated carbocycles. The largest absolute Gasteiger partial charge is 0.438 e.